The number of ether oxygens (including phenoxy) is 3. The first kappa shape index (κ1) is 12.3. The van der Waals surface area contributed by atoms with Crippen LogP contribution in [0.15, 0.2) is 12.1 Å². The summed E-state index contributed by atoms with van der Waals surface area (Å²) in [7, 11) is 0. The van der Waals surface area contributed by atoms with E-state index in [1.54, 1.807) is 0 Å². The first-order chi connectivity index (χ1) is 8.37. The van der Waals surface area contributed by atoms with Gasteiger partial charge in [-0.15, -0.1) is 0 Å². The molecule has 0 radical (unpaired) electrons. The maximum absolute atomic E-state index is 12.0. The van der Waals surface area contributed by atoms with Crippen LogP contribution < -0.4 is 14.2 Å². The number of rotatable bonds is 3. The van der Waals surface area contributed by atoms with Crippen LogP contribution in [0.1, 0.15) is 10.4 Å². The van der Waals surface area contributed by atoms with Crippen molar-refractivity contribution in [2.24, 2.45) is 0 Å². The zero-order chi connectivity index (χ0) is 13.3. The largest absolute Gasteiger partial charge is 0.483 e. The topological polar surface area (TPSA) is 65.0 Å². The molecule has 0 atom stereocenters. The minimum atomic E-state index is -4.55. The Morgan fingerprint density at radius 1 is 1.33 bits per heavy atom. The summed E-state index contributed by atoms with van der Waals surface area (Å²) in [6, 6.07) is 2.13. The maximum atomic E-state index is 12.0. The van der Waals surface area contributed by atoms with Gasteiger partial charge in [-0.1, -0.05) is 0 Å². The fourth-order valence-electron chi connectivity index (χ4n) is 1.37. The normalized spacial score (nSPS) is 13.5. The Balaban J connectivity index is 2.30. The van der Waals surface area contributed by atoms with Crippen molar-refractivity contribution in [1.29, 1.82) is 0 Å². The third-order valence-corrected chi connectivity index (χ3v) is 2.10. The van der Waals surface area contributed by atoms with E-state index in [4.69, 9.17) is 14.6 Å². The van der Waals surface area contributed by atoms with Crippen molar-refractivity contribution in [3.8, 4) is 17.2 Å². The smallest absolute Gasteiger partial charge is 0.422 e. The van der Waals surface area contributed by atoms with Crippen molar-refractivity contribution < 1.29 is 37.3 Å². The van der Waals surface area contributed by atoms with E-state index < -0.39 is 30.1 Å². The quantitative estimate of drug-likeness (QED) is 0.905. The molecular formula is C10H7F3O5. The molecule has 8 heteroatoms. The summed E-state index contributed by atoms with van der Waals surface area (Å²) in [5.41, 5.74) is -0.413. The molecule has 1 aliphatic rings. The van der Waals surface area contributed by atoms with Crippen LogP contribution in [-0.4, -0.2) is 30.7 Å². The number of carboxylic acid groups (broad SMARTS) is 1. The summed E-state index contributed by atoms with van der Waals surface area (Å²) in [5, 5.41) is 8.87. The van der Waals surface area contributed by atoms with Gasteiger partial charge in [0.15, 0.2) is 18.1 Å². The lowest BCUT2D eigenvalue weighted by Crippen LogP contribution is -2.20. The van der Waals surface area contributed by atoms with Crippen LogP contribution in [0.2, 0.25) is 0 Å². The minimum Gasteiger partial charge on any atom is -0.483 e. The van der Waals surface area contributed by atoms with E-state index in [1.807, 2.05) is 0 Å². The van der Waals surface area contributed by atoms with Gasteiger partial charge in [0, 0.05) is 12.1 Å². The van der Waals surface area contributed by atoms with Gasteiger partial charge in [0.05, 0.1) is 0 Å². The van der Waals surface area contributed by atoms with E-state index >= 15 is 0 Å². The molecule has 0 amide bonds. The van der Waals surface area contributed by atoms with Gasteiger partial charge in [-0.3, -0.25) is 0 Å². The average Bonchev–Trinajstić information content (AvgIpc) is 2.70. The maximum Gasteiger partial charge on any atom is 0.422 e. The van der Waals surface area contributed by atoms with Crippen molar-refractivity contribution in [3.63, 3.8) is 0 Å². The van der Waals surface area contributed by atoms with Crippen LogP contribution in [0.3, 0.4) is 0 Å². The van der Waals surface area contributed by atoms with Crippen LogP contribution in [0.25, 0.3) is 0 Å². The summed E-state index contributed by atoms with van der Waals surface area (Å²) in [4.78, 5) is 10.9. The molecule has 1 heterocycles. The summed E-state index contributed by atoms with van der Waals surface area (Å²) >= 11 is 0. The lowest BCUT2D eigenvalue weighted by Gasteiger charge is -2.11. The zero-order valence-electron chi connectivity index (χ0n) is 8.78. The molecule has 1 N–H and O–H groups in total. The van der Waals surface area contributed by atoms with Crippen LogP contribution in [-0.2, 0) is 0 Å². The lowest BCUT2D eigenvalue weighted by atomic mass is 10.2. The number of carboxylic acids is 1. The highest BCUT2D eigenvalue weighted by molar-refractivity contribution is 5.92. The van der Waals surface area contributed by atoms with Crippen molar-refractivity contribution in [3.05, 3.63) is 17.7 Å². The van der Waals surface area contributed by atoms with Gasteiger partial charge >= 0.3 is 12.1 Å². The number of fused-ring (bicyclic) bond motifs is 1. The Labute approximate surface area is 98.7 Å². The highest BCUT2D eigenvalue weighted by Gasteiger charge is 2.30. The third-order valence-electron chi connectivity index (χ3n) is 2.10. The Morgan fingerprint density at radius 2 is 1.94 bits per heavy atom. The molecule has 0 saturated carbocycles. The minimum absolute atomic E-state index is 0.114. The van der Waals surface area contributed by atoms with Gasteiger partial charge in [-0.2, -0.15) is 13.2 Å². The van der Waals surface area contributed by atoms with Crippen LogP contribution >= 0.6 is 0 Å². The van der Waals surface area contributed by atoms with Gasteiger partial charge in [0.1, 0.15) is 11.3 Å². The SMILES string of the molecule is O=C(O)c1cc2c(cc1OCC(F)(F)F)OCO2. The van der Waals surface area contributed by atoms with Crippen LogP contribution in [0.5, 0.6) is 17.2 Å². The first-order valence-electron chi connectivity index (χ1n) is 4.73. The van der Waals surface area contributed by atoms with Crippen molar-refractivity contribution in [2.45, 2.75) is 6.18 Å². The monoisotopic (exact) mass is 264 g/mol. The second-order valence-corrected chi connectivity index (χ2v) is 3.41. The highest BCUT2D eigenvalue weighted by atomic mass is 19.4. The summed E-state index contributed by atoms with van der Waals surface area (Å²) in [5.74, 6) is -1.52. The van der Waals surface area contributed by atoms with Crippen molar-refractivity contribution in [2.75, 3.05) is 13.4 Å². The second-order valence-electron chi connectivity index (χ2n) is 3.41. The first-order valence-corrected chi connectivity index (χ1v) is 4.73. The molecule has 0 unspecified atom stereocenters. The molecule has 1 aromatic rings. The highest BCUT2D eigenvalue weighted by Crippen LogP contribution is 2.38. The number of benzene rings is 1. The Bertz CT molecular complexity index is 483. The van der Waals surface area contributed by atoms with Crippen molar-refractivity contribution >= 4 is 5.97 Å². The van der Waals surface area contributed by atoms with E-state index in [-0.39, 0.29) is 18.3 Å². The van der Waals surface area contributed by atoms with Gasteiger partial charge in [-0.25, -0.2) is 4.79 Å². The Hall–Kier alpha value is -2.12. The Morgan fingerprint density at radius 3 is 2.50 bits per heavy atom. The number of aromatic carboxylic acids is 1. The molecule has 98 valence electrons. The molecule has 1 aliphatic heterocycles. The average molecular weight is 264 g/mol. The van der Waals surface area contributed by atoms with Gasteiger partial charge in [0.25, 0.3) is 0 Å². The van der Waals surface area contributed by atoms with Crippen molar-refractivity contribution in [1.82, 2.24) is 0 Å². The molecule has 0 bridgehead atoms. The predicted octanol–water partition coefficient (Wildman–Crippen LogP) is 2.05. The molecule has 18 heavy (non-hydrogen) atoms. The van der Waals surface area contributed by atoms with Gasteiger partial charge in [-0.05, 0) is 0 Å². The summed E-state index contributed by atoms with van der Waals surface area (Å²) in [6.45, 7) is -1.69. The molecule has 0 fully saturated rings. The van der Waals surface area contributed by atoms with Crippen LogP contribution in [0, 0.1) is 0 Å². The number of hydrogen-bond acceptors (Lipinski definition) is 4. The standard InChI is InChI=1S/C10H7F3O5/c11-10(12,13)3-16-6-2-8-7(17-4-18-8)1-5(6)9(14)15/h1-2H,3-4H2,(H,14,15). The number of carbonyl (C=O) groups is 1. The van der Waals surface area contributed by atoms with E-state index in [0.717, 1.165) is 12.1 Å². The van der Waals surface area contributed by atoms with E-state index in [1.165, 1.54) is 0 Å². The molecule has 5 nitrogen and oxygen atoms in total. The van der Waals surface area contributed by atoms with Gasteiger partial charge in [0.2, 0.25) is 6.79 Å². The van der Waals surface area contributed by atoms with E-state index in [2.05, 4.69) is 4.74 Å². The fourth-order valence-corrected chi connectivity index (χ4v) is 1.37. The lowest BCUT2D eigenvalue weighted by molar-refractivity contribution is -0.153. The third kappa shape index (κ3) is 2.58. The number of halogens is 3. The molecule has 0 aliphatic carbocycles. The molecule has 0 spiro atoms. The second kappa shape index (κ2) is 4.28. The zero-order valence-corrected chi connectivity index (χ0v) is 8.78. The van der Waals surface area contributed by atoms with E-state index in [0.29, 0.717) is 0 Å². The van der Waals surface area contributed by atoms with Crippen LogP contribution in [0.4, 0.5) is 13.2 Å². The fraction of sp³-hybridized carbons (Fsp3) is 0.300. The predicted molar refractivity (Wildman–Crippen MR) is 51.1 cm³/mol. The molecule has 0 saturated heterocycles. The molecule has 2 rings (SSSR count). The number of hydrogen-bond donors (Lipinski definition) is 1. The molecule has 1 aromatic carbocycles. The molecular weight excluding hydrogens is 257 g/mol. The molecule has 0 aromatic heterocycles. The van der Waals surface area contributed by atoms with Gasteiger partial charge < -0.3 is 19.3 Å². The summed E-state index contributed by atoms with van der Waals surface area (Å²) < 4.78 is 50.4. The van der Waals surface area contributed by atoms with E-state index in [9.17, 15) is 18.0 Å². The number of alkyl halides is 3. The Kier molecular flexibility index (Phi) is 2.93. The summed E-state index contributed by atoms with van der Waals surface area (Å²) in [6.07, 6.45) is -4.55.